The van der Waals surface area contributed by atoms with Crippen LogP contribution in [0.3, 0.4) is 0 Å². The summed E-state index contributed by atoms with van der Waals surface area (Å²) in [5, 5.41) is 0. The fourth-order valence-corrected chi connectivity index (χ4v) is 2.46. The van der Waals surface area contributed by atoms with E-state index < -0.39 is 12.1 Å². The van der Waals surface area contributed by atoms with Crippen LogP contribution in [0.2, 0.25) is 0 Å². The Morgan fingerprint density at radius 1 is 1.22 bits per heavy atom. The van der Waals surface area contributed by atoms with Crippen molar-refractivity contribution in [1.29, 1.82) is 0 Å². The third-order valence-corrected chi connectivity index (χ3v) is 3.96. The van der Waals surface area contributed by atoms with Gasteiger partial charge in [-0.05, 0) is 39.8 Å². The summed E-state index contributed by atoms with van der Waals surface area (Å²) in [5.74, 6) is -0.183. The maximum absolute atomic E-state index is 12.7. The molecule has 2 heterocycles. The van der Waals surface area contributed by atoms with Gasteiger partial charge in [-0.1, -0.05) is 6.07 Å². The van der Waals surface area contributed by atoms with Crippen molar-refractivity contribution in [2.24, 2.45) is 0 Å². The monoisotopic (exact) mass is 319 g/mol. The van der Waals surface area contributed by atoms with Crippen molar-refractivity contribution in [2.75, 3.05) is 13.7 Å². The number of piperazine rings is 1. The maximum Gasteiger partial charge on any atom is 0.248 e. The quantitative estimate of drug-likeness (QED) is 0.843. The number of aromatic nitrogens is 1. The van der Waals surface area contributed by atoms with Crippen molar-refractivity contribution in [3.8, 4) is 0 Å². The lowest BCUT2D eigenvalue weighted by Crippen LogP contribution is -2.64. The molecule has 126 valence electrons. The van der Waals surface area contributed by atoms with E-state index in [0.29, 0.717) is 6.54 Å². The summed E-state index contributed by atoms with van der Waals surface area (Å²) < 4.78 is 5.78. The largest absolute Gasteiger partial charge is 0.373 e. The van der Waals surface area contributed by atoms with Crippen molar-refractivity contribution in [1.82, 2.24) is 14.8 Å². The normalized spacial score (nSPS) is 22.7. The summed E-state index contributed by atoms with van der Waals surface area (Å²) in [7, 11) is 1.66. The third kappa shape index (κ3) is 4.07. The van der Waals surface area contributed by atoms with E-state index in [1.54, 1.807) is 25.1 Å². The summed E-state index contributed by atoms with van der Waals surface area (Å²) in [6.45, 7) is 8.01. The predicted octanol–water partition coefficient (Wildman–Crippen LogP) is 1.45. The number of carbonyl (C=O) groups excluding carboxylic acids is 2. The zero-order valence-corrected chi connectivity index (χ0v) is 14.4. The Kier molecular flexibility index (Phi) is 5.04. The highest BCUT2D eigenvalue weighted by Gasteiger charge is 2.42. The summed E-state index contributed by atoms with van der Waals surface area (Å²) in [6, 6.07) is 4.45. The highest BCUT2D eigenvalue weighted by Crippen LogP contribution is 2.21. The SMILES string of the molecule is C[C@H]1C(=O)N(Cc2ccccn2)[C@@H](COC(C)(C)C)C(=O)N1C. The van der Waals surface area contributed by atoms with Crippen molar-refractivity contribution < 1.29 is 14.3 Å². The first-order valence-corrected chi connectivity index (χ1v) is 7.82. The number of rotatable bonds is 4. The van der Waals surface area contributed by atoms with E-state index in [0.717, 1.165) is 5.69 Å². The van der Waals surface area contributed by atoms with Gasteiger partial charge in [-0.3, -0.25) is 14.6 Å². The van der Waals surface area contributed by atoms with Crippen LogP contribution in [0.25, 0.3) is 0 Å². The van der Waals surface area contributed by atoms with E-state index in [9.17, 15) is 9.59 Å². The van der Waals surface area contributed by atoms with Crippen molar-refractivity contribution in [3.05, 3.63) is 30.1 Å². The smallest absolute Gasteiger partial charge is 0.248 e. The van der Waals surface area contributed by atoms with Crippen LogP contribution in [0.1, 0.15) is 33.4 Å². The first kappa shape index (κ1) is 17.4. The minimum Gasteiger partial charge on any atom is -0.373 e. The van der Waals surface area contributed by atoms with E-state index >= 15 is 0 Å². The molecule has 0 N–H and O–H groups in total. The molecule has 0 spiro atoms. The molecule has 2 atom stereocenters. The van der Waals surface area contributed by atoms with Crippen molar-refractivity contribution in [3.63, 3.8) is 0 Å². The lowest BCUT2D eigenvalue weighted by Gasteiger charge is -2.42. The standard InChI is InChI=1S/C17H25N3O3/c1-12-15(21)20(10-13-8-6-7-9-18-13)14(16(22)19(12)5)11-23-17(2,3)4/h6-9,12,14H,10-11H2,1-5H3/t12-,14-/m0/s1. The van der Waals surface area contributed by atoms with Gasteiger partial charge >= 0.3 is 0 Å². The second-order valence-corrected chi connectivity index (χ2v) is 6.85. The molecule has 6 heteroatoms. The average Bonchev–Trinajstić information content (AvgIpc) is 2.50. The minimum atomic E-state index is -0.620. The van der Waals surface area contributed by atoms with Crippen LogP contribution < -0.4 is 0 Å². The molecule has 1 saturated heterocycles. The van der Waals surface area contributed by atoms with Gasteiger partial charge in [0, 0.05) is 13.2 Å². The molecule has 1 aliphatic rings. The molecule has 1 aromatic heterocycles. The Labute approximate surface area is 137 Å². The second-order valence-electron chi connectivity index (χ2n) is 6.85. The first-order chi connectivity index (χ1) is 10.7. The molecular formula is C17H25N3O3. The van der Waals surface area contributed by atoms with E-state index in [4.69, 9.17) is 4.74 Å². The molecule has 1 aromatic rings. The molecule has 1 aliphatic heterocycles. The number of ether oxygens (including phenoxy) is 1. The molecule has 0 aliphatic carbocycles. The van der Waals surface area contributed by atoms with E-state index in [1.165, 1.54) is 4.90 Å². The Bertz CT molecular complexity index is 568. The number of carbonyl (C=O) groups is 2. The number of pyridine rings is 1. The van der Waals surface area contributed by atoms with Gasteiger partial charge in [0.15, 0.2) is 0 Å². The summed E-state index contributed by atoms with van der Waals surface area (Å²) >= 11 is 0. The fourth-order valence-electron chi connectivity index (χ4n) is 2.46. The Balaban J connectivity index is 2.24. The minimum absolute atomic E-state index is 0.0831. The molecule has 0 saturated carbocycles. The maximum atomic E-state index is 12.7. The van der Waals surface area contributed by atoms with Crippen LogP contribution in [-0.4, -0.2) is 57.9 Å². The highest BCUT2D eigenvalue weighted by molar-refractivity contribution is 5.96. The lowest BCUT2D eigenvalue weighted by atomic mass is 10.1. The lowest BCUT2D eigenvalue weighted by molar-refractivity contribution is -0.165. The molecule has 0 radical (unpaired) electrons. The summed E-state index contributed by atoms with van der Waals surface area (Å²) in [5.41, 5.74) is 0.382. The molecule has 6 nitrogen and oxygen atoms in total. The van der Waals surface area contributed by atoms with Crippen LogP contribution in [0.5, 0.6) is 0 Å². The molecule has 1 fully saturated rings. The molecule has 0 aromatic carbocycles. The van der Waals surface area contributed by atoms with Gasteiger partial charge in [-0.25, -0.2) is 0 Å². The Morgan fingerprint density at radius 3 is 2.48 bits per heavy atom. The number of hydrogen-bond acceptors (Lipinski definition) is 4. The number of amides is 2. The molecule has 0 unspecified atom stereocenters. The topological polar surface area (TPSA) is 62.7 Å². The fraction of sp³-hybridized carbons (Fsp3) is 0.588. The van der Waals surface area contributed by atoms with Crippen LogP contribution >= 0.6 is 0 Å². The number of likely N-dealkylation sites (N-methyl/N-ethyl adjacent to an activating group) is 1. The summed E-state index contributed by atoms with van der Waals surface area (Å²) in [4.78, 5) is 32.6. The molecule has 2 amide bonds. The van der Waals surface area contributed by atoms with Gasteiger partial charge in [-0.2, -0.15) is 0 Å². The highest BCUT2D eigenvalue weighted by atomic mass is 16.5. The van der Waals surface area contributed by atoms with Gasteiger partial charge in [0.25, 0.3) is 0 Å². The number of nitrogens with zero attached hydrogens (tertiary/aromatic N) is 3. The molecular weight excluding hydrogens is 294 g/mol. The van der Waals surface area contributed by atoms with Gasteiger partial charge in [-0.15, -0.1) is 0 Å². The number of hydrogen-bond donors (Lipinski definition) is 0. The van der Waals surface area contributed by atoms with Crippen LogP contribution in [-0.2, 0) is 20.9 Å². The Morgan fingerprint density at radius 2 is 1.91 bits per heavy atom. The van der Waals surface area contributed by atoms with Crippen molar-refractivity contribution in [2.45, 2.75) is 51.9 Å². The zero-order valence-electron chi connectivity index (χ0n) is 14.4. The third-order valence-electron chi connectivity index (χ3n) is 3.96. The van der Waals surface area contributed by atoms with Gasteiger partial charge in [0.2, 0.25) is 11.8 Å². The van der Waals surface area contributed by atoms with Crippen LogP contribution in [0.4, 0.5) is 0 Å². The second kappa shape index (κ2) is 6.66. The first-order valence-electron chi connectivity index (χ1n) is 7.82. The van der Waals surface area contributed by atoms with E-state index in [2.05, 4.69) is 4.98 Å². The van der Waals surface area contributed by atoms with E-state index in [-0.39, 0.29) is 24.0 Å². The van der Waals surface area contributed by atoms with Gasteiger partial charge in [0.05, 0.1) is 24.4 Å². The molecule has 0 bridgehead atoms. The van der Waals surface area contributed by atoms with Gasteiger partial charge < -0.3 is 14.5 Å². The molecule has 23 heavy (non-hydrogen) atoms. The van der Waals surface area contributed by atoms with Gasteiger partial charge in [0.1, 0.15) is 12.1 Å². The van der Waals surface area contributed by atoms with E-state index in [1.807, 2.05) is 39.0 Å². The zero-order chi connectivity index (χ0) is 17.2. The molecule has 2 rings (SSSR count). The van der Waals surface area contributed by atoms with Crippen molar-refractivity contribution >= 4 is 11.8 Å². The predicted molar refractivity (Wildman–Crippen MR) is 86.5 cm³/mol. The summed E-state index contributed by atoms with van der Waals surface area (Å²) in [6.07, 6.45) is 1.68. The van der Waals surface area contributed by atoms with Crippen LogP contribution in [0, 0.1) is 0 Å². The Hall–Kier alpha value is -1.95. The van der Waals surface area contributed by atoms with Crippen LogP contribution in [0.15, 0.2) is 24.4 Å². The average molecular weight is 319 g/mol.